The van der Waals surface area contributed by atoms with Crippen LogP contribution in [0.25, 0.3) is 0 Å². The zero-order valence-electron chi connectivity index (χ0n) is 9.38. The first-order valence-corrected chi connectivity index (χ1v) is 6.33. The number of aromatic nitrogens is 1. The van der Waals surface area contributed by atoms with Gasteiger partial charge in [0.25, 0.3) is 11.8 Å². The molecule has 8 heteroatoms. The molecular formula is C11H8ClN3O3S. The lowest BCUT2D eigenvalue weighted by molar-refractivity contribution is 0.0701. The zero-order valence-corrected chi connectivity index (χ0v) is 11.0. The van der Waals surface area contributed by atoms with Crippen LogP contribution in [0.1, 0.15) is 20.8 Å². The number of anilines is 1. The molecule has 0 saturated heterocycles. The van der Waals surface area contributed by atoms with Crippen LogP contribution in [-0.2, 0) is 0 Å². The van der Waals surface area contributed by atoms with Gasteiger partial charge in [0.15, 0.2) is 5.13 Å². The van der Waals surface area contributed by atoms with Gasteiger partial charge in [-0.3, -0.25) is 20.1 Å². The molecule has 0 saturated carbocycles. The summed E-state index contributed by atoms with van der Waals surface area (Å²) < 4.78 is 0. The molecule has 98 valence electrons. The first kappa shape index (κ1) is 13.5. The number of benzene rings is 1. The Hall–Kier alpha value is -1.96. The van der Waals surface area contributed by atoms with Crippen molar-refractivity contribution < 1.29 is 14.8 Å². The highest BCUT2D eigenvalue weighted by molar-refractivity contribution is 7.14. The monoisotopic (exact) mass is 297 g/mol. The number of amides is 2. The molecule has 1 aromatic carbocycles. The number of nitrogens with one attached hydrogen (secondary N) is 2. The van der Waals surface area contributed by atoms with Crippen molar-refractivity contribution in [1.82, 2.24) is 10.5 Å². The second-order valence-electron chi connectivity index (χ2n) is 3.41. The van der Waals surface area contributed by atoms with Crippen molar-refractivity contribution in [2.75, 3.05) is 5.32 Å². The number of hydroxylamine groups is 1. The van der Waals surface area contributed by atoms with Crippen LogP contribution < -0.4 is 10.8 Å². The summed E-state index contributed by atoms with van der Waals surface area (Å²) in [5.74, 6) is -1.16. The second kappa shape index (κ2) is 5.79. The van der Waals surface area contributed by atoms with Crippen LogP contribution >= 0.6 is 22.9 Å². The van der Waals surface area contributed by atoms with Gasteiger partial charge in [-0.05, 0) is 12.1 Å². The van der Waals surface area contributed by atoms with E-state index in [1.165, 1.54) is 10.9 Å². The summed E-state index contributed by atoms with van der Waals surface area (Å²) in [5.41, 5.74) is 1.79. The van der Waals surface area contributed by atoms with Crippen molar-refractivity contribution in [1.29, 1.82) is 0 Å². The molecule has 0 radical (unpaired) electrons. The third kappa shape index (κ3) is 3.08. The molecule has 0 aliphatic rings. The minimum absolute atomic E-state index is 0.0157. The van der Waals surface area contributed by atoms with Crippen molar-refractivity contribution in [2.24, 2.45) is 0 Å². The Morgan fingerprint density at radius 1 is 1.26 bits per heavy atom. The Kier molecular flexibility index (Phi) is 4.10. The van der Waals surface area contributed by atoms with Gasteiger partial charge in [0.1, 0.15) is 5.69 Å². The summed E-state index contributed by atoms with van der Waals surface area (Å²) in [5, 5.41) is 12.9. The Labute approximate surface area is 117 Å². The SMILES string of the molecule is O=C(NO)c1csc(NC(=O)c2ccccc2Cl)n1. The van der Waals surface area contributed by atoms with E-state index in [1.54, 1.807) is 24.3 Å². The molecule has 2 aromatic rings. The molecule has 2 rings (SSSR count). The van der Waals surface area contributed by atoms with E-state index in [4.69, 9.17) is 16.8 Å². The smallest absolute Gasteiger partial charge is 0.294 e. The lowest BCUT2D eigenvalue weighted by Crippen LogP contribution is -2.19. The van der Waals surface area contributed by atoms with Crippen LogP contribution in [-0.4, -0.2) is 22.0 Å². The fraction of sp³-hybridized carbons (Fsp3) is 0. The number of nitrogens with zero attached hydrogens (tertiary/aromatic N) is 1. The summed E-state index contributed by atoms with van der Waals surface area (Å²) in [6.07, 6.45) is 0. The summed E-state index contributed by atoms with van der Waals surface area (Å²) in [6, 6.07) is 6.58. The highest BCUT2D eigenvalue weighted by Gasteiger charge is 2.14. The van der Waals surface area contributed by atoms with Crippen molar-refractivity contribution in [3.8, 4) is 0 Å². The maximum Gasteiger partial charge on any atom is 0.294 e. The predicted octanol–water partition coefficient (Wildman–Crippen LogP) is 2.17. The maximum absolute atomic E-state index is 11.9. The summed E-state index contributed by atoms with van der Waals surface area (Å²) in [6.45, 7) is 0. The van der Waals surface area contributed by atoms with E-state index in [2.05, 4.69) is 10.3 Å². The first-order chi connectivity index (χ1) is 9.11. The van der Waals surface area contributed by atoms with E-state index in [1.807, 2.05) is 0 Å². The molecule has 0 aliphatic carbocycles. The average molecular weight is 298 g/mol. The third-order valence-electron chi connectivity index (χ3n) is 2.18. The van der Waals surface area contributed by atoms with E-state index in [9.17, 15) is 9.59 Å². The summed E-state index contributed by atoms with van der Waals surface area (Å²) in [4.78, 5) is 26.8. The Balaban J connectivity index is 2.14. The van der Waals surface area contributed by atoms with Crippen molar-refractivity contribution >= 4 is 39.9 Å². The molecular weight excluding hydrogens is 290 g/mol. The lowest BCUT2D eigenvalue weighted by Gasteiger charge is -2.03. The minimum atomic E-state index is -0.741. The van der Waals surface area contributed by atoms with Gasteiger partial charge in [-0.15, -0.1) is 11.3 Å². The molecule has 0 fully saturated rings. The lowest BCUT2D eigenvalue weighted by atomic mass is 10.2. The van der Waals surface area contributed by atoms with E-state index < -0.39 is 11.8 Å². The van der Waals surface area contributed by atoms with Crippen molar-refractivity contribution in [3.05, 3.63) is 45.9 Å². The average Bonchev–Trinajstić information content (AvgIpc) is 2.86. The summed E-state index contributed by atoms with van der Waals surface area (Å²) >= 11 is 6.95. The highest BCUT2D eigenvalue weighted by atomic mass is 35.5. The van der Waals surface area contributed by atoms with E-state index in [0.29, 0.717) is 10.6 Å². The maximum atomic E-state index is 11.9. The molecule has 19 heavy (non-hydrogen) atoms. The van der Waals surface area contributed by atoms with E-state index in [-0.39, 0.29) is 10.8 Å². The Bertz CT molecular complexity index is 629. The van der Waals surface area contributed by atoms with Gasteiger partial charge in [-0.25, -0.2) is 10.5 Å². The topological polar surface area (TPSA) is 91.3 Å². The number of thiazole rings is 1. The quantitative estimate of drug-likeness (QED) is 0.598. The number of carbonyl (C=O) groups is 2. The molecule has 0 aliphatic heterocycles. The van der Waals surface area contributed by atoms with Crippen LogP contribution in [0.4, 0.5) is 5.13 Å². The van der Waals surface area contributed by atoms with Crippen LogP contribution in [0, 0.1) is 0 Å². The van der Waals surface area contributed by atoms with Crippen LogP contribution in [0.5, 0.6) is 0 Å². The van der Waals surface area contributed by atoms with Gasteiger partial charge in [-0.2, -0.15) is 0 Å². The molecule has 2 amide bonds. The number of rotatable bonds is 3. The van der Waals surface area contributed by atoms with Gasteiger partial charge in [0.05, 0.1) is 10.6 Å². The van der Waals surface area contributed by atoms with Gasteiger partial charge in [-0.1, -0.05) is 23.7 Å². The Morgan fingerprint density at radius 3 is 2.68 bits per heavy atom. The fourth-order valence-electron chi connectivity index (χ4n) is 1.30. The molecule has 3 N–H and O–H groups in total. The van der Waals surface area contributed by atoms with Gasteiger partial charge in [0.2, 0.25) is 0 Å². The van der Waals surface area contributed by atoms with Crippen molar-refractivity contribution in [3.63, 3.8) is 0 Å². The predicted molar refractivity (Wildman–Crippen MR) is 70.8 cm³/mol. The standard InChI is InChI=1S/C11H8ClN3O3S/c12-7-4-2-1-3-6(7)9(16)14-11-13-8(5-19-11)10(17)15-18/h1-5,18H,(H,15,17)(H,13,14,16). The molecule has 0 spiro atoms. The van der Waals surface area contributed by atoms with Crippen LogP contribution in [0.2, 0.25) is 5.02 Å². The second-order valence-corrected chi connectivity index (χ2v) is 4.68. The van der Waals surface area contributed by atoms with E-state index >= 15 is 0 Å². The van der Waals surface area contributed by atoms with Gasteiger partial charge >= 0.3 is 0 Å². The highest BCUT2D eigenvalue weighted by Crippen LogP contribution is 2.19. The largest absolute Gasteiger partial charge is 0.298 e. The minimum Gasteiger partial charge on any atom is -0.298 e. The first-order valence-electron chi connectivity index (χ1n) is 5.07. The van der Waals surface area contributed by atoms with Crippen LogP contribution in [0.3, 0.4) is 0 Å². The zero-order chi connectivity index (χ0) is 13.8. The fourth-order valence-corrected chi connectivity index (χ4v) is 2.21. The summed E-state index contributed by atoms with van der Waals surface area (Å²) in [7, 11) is 0. The van der Waals surface area contributed by atoms with E-state index in [0.717, 1.165) is 11.3 Å². The molecule has 1 heterocycles. The third-order valence-corrected chi connectivity index (χ3v) is 3.26. The van der Waals surface area contributed by atoms with Crippen molar-refractivity contribution in [2.45, 2.75) is 0 Å². The number of hydrogen-bond donors (Lipinski definition) is 3. The van der Waals surface area contributed by atoms with Gasteiger partial charge < -0.3 is 0 Å². The number of carbonyl (C=O) groups excluding carboxylic acids is 2. The number of hydrogen-bond acceptors (Lipinski definition) is 5. The molecule has 6 nitrogen and oxygen atoms in total. The normalized spacial score (nSPS) is 10.0. The molecule has 0 unspecified atom stereocenters. The Morgan fingerprint density at radius 2 is 2.00 bits per heavy atom. The van der Waals surface area contributed by atoms with Crippen LogP contribution in [0.15, 0.2) is 29.6 Å². The molecule has 1 aromatic heterocycles. The molecule has 0 bridgehead atoms. The van der Waals surface area contributed by atoms with Gasteiger partial charge in [0, 0.05) is 5.38 Å². The number of halogens is 1. The molecule has 0 atom stereocenters.